The van der Waals surface area contributed by atoms with E-state index in [0.29, 0.717) is 36.8 Å². The van der Waals surface area contributed by atoms with Gasteiger partial charge in [0.25, 0.3) is 0 Å². The zero-order valence-electron chi connectivity index (χ0n) is 21.3. The summed E-state index contributed by atoms with van der Waals surface area (Å²) in [6.07, 6.45) is 4.53. The molecule has 1 aliphatic rings. The molecule has 1 saturated heterocycles. The molecule has 1 amide bonds. The molecule has 1 radical (unpaired) electrons. The molecule has 0 spiro atoms. The summed E-state index contributed by atoms with van der Waals surface area (Å²) in [6.45, 7) is 5.39. The van der Waals surface area contributed by atoms with Crippen LogP contribution >= 0.6 is 0 Å². The first-order valence-electron chi connectivity index (χ1n) is 11.8. The standard InChI is InChI=1S/C27H31FN3O4.CH3.Co/c1-3-18(2)16-33-25-15-30-23(12-19-7-9-21(10-8-19)24-14-29-17-34-24)26(25)35-27(32)31-13-20-5-4-6-22(28)11-20;;/h3-11,14,17-18,23,25-26,30H,12-13,15-16H2,1-2H3,(H,31,32);1H3;/q2*-1;+2/t18-,23+,25-,26-;;/m0../s1. The maximum Gasteiger partial charge on any atom is 2.00 e. The predicted molar refractivity (Wildman–Crippen MR) is 136 cm³/mol. The van der Waals surface area contributed by atoms with Crippen LogP contribution in [0, 0.1) is 25.6 Å². The van der Waals surface area contributed by atoms with Gasteiger partial charge in [0.15, 0.2) is 12.2 Å². The number of nitrogens with one attached hydrogen (secondary N) is 2. The third-order valence-electron chi connectivity index (χ3n) is 6.18. The first-order chi connectivity index (χ1) is 17.0. The number of benzene rings is 2. The third kappa shape index (κ3) is 8.67. The van der Waals surface area contributed by atoms with Crippen molar-refractivity contribution in [3.05, 3.63) is 91.9 Å². The van der Waals surface area contributed by atoms with E-state index in [1.54, 1.807) is 18.3 Å². The normalized spacial score (nSPS) is 19.4. The second-order valence-electron chi connectivity index (χ2n) is 8.82. The van der Waals surface area contributed by atoms with Gasteiger partial charge in [0, 0.05) is 25.3 Å². The van der Waals surface area contributed by atoms with Gasteiger partial charge in [-0.25, -0.2) is 14.2 Å². The number of amides is 1. The molecule has 2 aromatic carbocycles. The Hall–Kier alpha value is -2.72. The second-order valence-corrected chi connectivity index (χ2v) is 8.82. The van der Waals surface area contributed by atoms with Gasteiger partial charge < -0.3 is 38.4 Å². The molecule has 0 bridgehead atoms. The summed E-state index contributed by atoms with van der Waals surface area (Å²) in [7, 11) is 0. The zero-order valence-corrected chi connectivity index (χ0v) is 22.3. The van der Waals surface area contributed by atoms with Crippen LogP contribution in [0.5, 0.6) is 0 Å². The van der Waals surface area contributed by atoms with Crippen molar-refractivity contribution in [2.24, 2.45) is 5.92 Å². The van der Waals surface area contributed by atoms with E-state index in [1.165, 1.54) is 18.5 Å². The summed E-state index contributed by atoms with van der Waals surface area (Å²) < 4.78 is 30.8. The number of oxazole rings is 1. The number of nitrogens with zero attached hydrogens (tertiary/aromatic N) is 1. The van der Waals surface area contributed by atoms with Crippen LogP contribution in [0.4, 0.5) is 9.18 Å². The molecule has 37 heavy (non-hydrogen) atoms. The van der Waals surface area contributed by atoms with E-state index in [9.17, 15) is 9.18 Å². The van der Waals surface area contributed by atoms with Crippen LogP contribution in [0.2, 0.25) is 0 Å². The van der Waals surface area contributed by atoms with E-state index >= 15 is 0 Å². The van der Waals surface area contributed by atoms with E-state index in [4.69, 9.17) is 13.9 Å². The van der Waals surface area contributed by atoms with Crippen LogP contribution < -0.4 is 10.6 Å². The third-order valence-corrected chi connectivity index (χ3v) is 6.18. The summed E-state index contributed by atoms with van der Waals surface area (Å²) >= 11 is 0. The number of carbonyl (C=O) groups is 1. The number of halogens is 1. The van der Waals surface area contributed by atoms with Gasteiger partial charge in [-0.05, 0) is 29.7 Å². The van der Waals surface area contributed by atoms with Gasteiger partial charge in [0.1, 0.15) is 18.0 Å². The van der Waals surface area contributed by atoms with Crippen LogP contribution in [0.25, 0.3) is 11.3 Å². The number of hydrogen-bond donors (Lipinski definition) is 2. The number of alkyl carbamates (subject to hydrolysis) is 1. The Morgan fingerprint density at radius 2 is 2.05 bits per heavy atom. The van der Waals surface area contributed by atoms with Gasteiger partial charge in [0.05, 0.1) is 12.2 Å². The molecule has 201 valence electrons. The van der Waals surface area contributed by atoms with Crippen molar-refractivity contribution in [3.63, 3.8) is 0 Å². The molecule has 4 rings (SSSR count). The van der Waals surface area contributed by atoms with Gasteiger partial charge >= 0.3 is 22.9 Å². The molecule has 2 N–H and O–H groups in total. The van der Waals surface area contributed by atoms with Gasteiger partial charge in [-0.3, -0.25) is 0 Å². The first-order valence-corrected chi connectivity index (χ1v) is 11.8. The summed E-state index contributed by atoms with van der Waals surface area (Å²) in [6, 6.07) is 14.0. The van der Waals surface area contributed by atoms with Crippen LogP contribution in [0.3, 0.4) is 0 Å². The van der Waals surface area contributed by atoms with Crippen molar-refractivity contribution in [3.8, 4) is 11.3 Å². The number of rotatable bonds is 10. The van der Waals surface area contributed by atoms with Crippen LogP contribution in [0.15, 0.2) is 65.5 Å². The van der Waals surface area contributed by atoms with Gasteiger partial charge in [0.2, 0.25) is 0 Å². The second kappa shape index (κ2) is 14.9. The minimum absolute atomic E-state index is 0. The Kier molecular flexibility index (Phi) is 12.3. The molecular formula is C28H34CoFN3O4. The molecule has 0 unspecified atom stereocenters. The Labute approximate surface area is 228 Å². The molecule has 2 heterocycles. The average molecular weight is 555 g/mol. The average Bonchev–Trinajstić information content (AvgIpc) is 3.53. The summed E-state index contributed by atoms with van der Waals surface area (Å²) in [4.78, 5) is 16.6. The number of ether oxygens (including phenoxy) is 2. The molecule has 3 aromatic rings. The van der Waals surface area contributed by atoms with Gasteiger partial charge in [-0.2, -0.15) is 6.92 Å². The van der Waals surface area contributed by atoms with Crippen molar-refractivity contribution >= 4 is 6.09 Å². The fraction of sp³-hybridized carbons (Fsp3) is 0.357. The summed E-state index contributed by atoms with van der Waals surface area (Å²) in [5.74, 6) is 0.657. The van der Waals surface area contributed by atoms with Gasteiger partial charge in [-0.15, -0.1) is 5.92 Å². The van der Waals surface area contributed by atoms with Crippen molar-refractivity contribution in [2.75, 3.05) is 13.2 Å². The molecule has 9 heteroatoms. The monoisotopic (exact) mass is 554 g/mol. The fourth-order valence-electron chi connectivity index (χ4n) is 4.03. The van der Waals surface area contributed by atoms with Crippen molar-refractivity contribution < 1.29 is 39.9 Å². The smallest absolute Gasteiger partial charge is 0.444 e. The van der Waals surface area contributed by atoms with E-state index < -0.39 is 12.2 Å². The van der Waals surface area contributed by atoms with Gasteiger partial charge in [-0.1, -0.05) is 43.3 Å². The molecule has 0 aliphatic carbocycles. The Morgan fingerprint density at radius 3 is 2.73 bits per heavy atom. The number of hydrogen-bond acceptors (Lipinski definition) is 6. The minimum Gasteiger partial charge on any atom is -0.444 e. The summed E-state index contributed by atoms with van der Waals surface area (Å²) in [5, 5.41) is 6.18. The Morgan fingerprint density at radius 1 is 1.27 bits per heavy atom. The fourth-order valence-corrected chi connectivity index (χ4v) is 4.03. The van der Waals surface area contributed by atoms with E-state index in [1.807, 2.05) is 31.2 Å². The van der Waals surface area contributed by atoms with Crippen LogP contribution in [-0.4, -0.2) is 42.5 Å². The molecule has 7 nitrogen and oxygen atoms in total. The molecule has 1 aromatic heterocycles. The quantitative estimate of drug-likeness (QED) is 0.344. The predicted octanol–water partition coefficient (Wildman–Crippen LogP) is 4.98. The van der Waals surface area contributed by atoms with Crippen molar-refractivity contribution in [1.29, 1.82) is 0 Å². The molecular weight excluding hydrogens is 520 g/mol. The van der Waals surface area contributed by atoms with Crippen molar-refractivity contribution in [1.82, 2.24) is 15.6 Å². The minimum atomic E-state index is -0.558. The van der Waals surface area contributed by atoms with E-state index in [2.05, 4.69) is 29.0 Å². The van der Waals surface area contributed by atoms with Crippen LogP contribution in [0.1, 0.15) is 25.0 Å². The molecule has 4 atom stereocenters. The summed E-state index contributed by atoms with van der Waals surface area (Å²) in [5.41, 5.74) is 2.70. The molecule has 0 saturated carbocycles. The zero-order chi connectivity index (χ0) is 24.6. The maximum atomic E-state index is 13.4. The first kappa shape index (κ1) is 30.5. The Bertz CT molecular complexity index is 1080. The number of carbonyl (C=O) groups excluding carboxylic acids is 1. The van der Waals surface area contributed by atoms with Crippen LogP contribution in [-0.2, 0) is 39.2 Å². The topological polar surface area (TPSA) is 85.6 Å². The largest absolute Gasteiger partial charge is 2.00 e. The SMILES string of the molecule is C[CH-][C@H](C)CO[C@H]1CN[C@H](Cc2ccc(-c3cnco3)cc2)[C@@H]1OC(=O)NCc1cccc(F)c1.[CH3-].[Co+2]. The number of aromatic nitrogens is 1. The van der Waals surface area contributed by atoms with E-state index in [0.717, 1.165) is 11.1 Å². The Balaban J connectivity index is 0.00000241. The van der Waals surface area contributed by atoms with Crippen molar-refractivity contribution in [2.45, 2.75) is 45.1 Å². The maximum absolute atomic E-state index is 13.4. The molecule has 1 aliphatic heterocycles. The molecule has 1 fully saturated rings. The van der Waals surface area contributed by atoms with E-state index in [-0.39, 0.29) is 48.7 Å².